The molecule has 0 radical (unpaired) electrons. The Morgan fingerprint density at radius 2 is 1.95 bits per heavy atom. The third-order valence-corrected chi connectivity index (χ3v) is 4.04. The minimum absolute atomic E-state index is 0.219. The number of nitrogens with one attached hydrogen (secondary N) is 1. The summed E-state index contributed by atoms with van der Waals surface area (Å²) in [6, 6.07) is 4.93. The van der Waals surface area contributed by atoms with Gasteiger partial charge in [-0.25, -0.2) is 0 Å². The predicted molar refractivity (Wildman–Crippen MR) is 77.8 cm³/mol. The van der Waals surface area contributed by atoms with Gasteiger partial charge in [0.05, 0.1) is 12.5 Å². The van der Waals surface area contributed by atoms with Crippen molar-refractivity contribution in [2.75, 3.05) is 11.9 Å². The molecular formula is C16H22F3NO. The molecule has 21 heavy (non-hydrogen) atoms. The highest BCUT2D eigenvalue weighted by molar-refractivity contribution is 5.54. The summed E-state index contributed by atoms with van der Waals surface area (Å²) in [6.45, 7) is 4.36. The van der Waals surface area contributed by atoms with E-state index in [2.05, 4.69) is 5.32 Å². The molecule has 1 saturated carbocycles. The lowest BCUT2D eigenvalue weighted by atomic mass is 9.83. The van der Waals surface area contributed by atoms with E-state index in [1.165, 1.54) is 0 Å². The first kappa shape index (κ1) is 16.0. The Kier molecular flexibility index (Phi) is 5.01. The number of alkyl halides is 3. The molecule has 118 valence electrons. The number of aryl methyl sites for hydroxylation is 1. The van der Waals surface area contributed by atoms with Gasteiger partial charge in [0.2, 0.25) is 0 Å². The molecule has 1 fully saturated rings. The zero-order chi connectivity index (χ0) is 15.5. The molecule has 2 unspecified atom stereocenters. The van der Waals surface area contributed by atoms with Crippen LogP contribution < -0.4 is 10.1 Å². The van der Waals surface area contributed by atoms with Crippen LogP contribution in [0.25, 0.3) is 0 Å². The molecule has 0 bridgehead atoms. The lowest BCUT2D eigenvalue weighted by molar-refractivity contribution is -0.184. The van der Waals surface area contributed by atoms with E-state index in [0.717, 1.165) is 23.4 Å². The summed E-state index contributed by atoms with van der Waals surface area (Å²) in [5.74, 6) is -0.506. The zero-order valence-corrected chi connectivity index (χ0v) is 12.5. The van der Waals surface area contributed by atoms with E-state index in [0.29, 0.717) is 19.4 Å². The van der Waals surface area contributed by atoms with Gasteiger partial charge in [0.1, 0.15) is 5.75 Å². The van der Waals surface area contributed by atoms with Crippen LogP contribution in [0, 0.1) is 12.8 Å². The molecule has 0 spiro atoms. The molecule has 5 heteroatoms. The molecule has 1 aliphatic carbocycles. The standard InChI is InChI=1S/C16H22F3NO/c1-3-21-12-8-9-14(11(2)10-12)20-15-7-5-4-6-13(15)16(17,18)19/h8-10,13,15,20H,3-7H2,1-2H3. The molecule has 2 rings (SSSR count). The maximum absolute atomic E-state index is 13.1. The monoisotopic (exact) mass is 301 g/mol. The highest BCUT2D eigenvalue weighted by Gasteiger charge is 2.45. The maximum Gasteiger partial charge on any atom is 0.393 e. The van der Waals surface area contributed by atoms with Gasteiger partial charge in [0.25, 0.3) is 0 Å². The molecule has 1 N–H and O–H groups in total. The van der Waals surface area contributed by atoms with Gasteiger partial charge in [-0.05, 0) is 50.5 Å². The van der Waals surface area contributed by atoms with Crippen LogP contribution in [0.5, 0.6) is 5.75 Å². The van der Waals surface area contributed by atoms with Gasteiger partial charge < -0.3 is 10.1 Å². The normalized spacial score (nSPS) is 22.9. The Morgan fingerprint density at radius 3 is 2.57 bits per heavy atom. The molecule has 0 aliphatic heterocycles. The summed E-state index contributed by atoms with van der Waals surface area (Å²) in [5.41, 5.74) is 1.67. The summed E-state index contributed by atoms with van der Waals surface area (Å²) in [7, 11) is 0. The Balaban J connectivity index is 2.12. The maximum atomic E-state index is 13.1. The van der Waals surface area contributed by atoms with Crippen molar-refractivity contribution in [3.63, 3.8) is 0 Å². The molecule has 2 nitrogen and oxygen atoms in total. The number of halogens is 3. The van der Waals surface area contributed by atoms with E-state index in [-0.39, 0.29) is 6.42 Å². The van der Waals surface area contributed by atoms with Crippen molar-refractivity contribution in [2.45, 2.75) is 51.7 Å². The molecule has 0 amide bonds. The van der Waals surface area contributed by atoms with Gasteiger partial charge in [-0.2, -0.15) is 13.2 Å². The van der Waals surface area contributed by atoms with E-state index in [4.69, 9.17) is 4.74 Å². The van der Waals surface area contributed by atoms with E-state index in [9.17, 15) is 13.2 Å². The van der Waals surface area contributed by atoms with Crippen molar-refractivity contribution in [3.8, 4) is 5.75 Å². The summed E-state index contributed by atoms with van der Waals surface area (Å²) in [6.07, 6.45) is -1.84. The lowest BCUT2D eigenvalue weighted by Crippen LogP contribution is -2.41. The van der Waals surface area contributed by atoms with Crippen LogP contribution in [0.4, 0.5) is 18.9 Å². The summed E-state index contributed by atoms with van der Waals surface area (Å²) >= 11 is 0. The Labute approximate surface area is 123 Å². The fraction of sp³-hybridized carbons (Fsp3) is 0.625. The number of anilines is 1. The van der Waals surface area contributed by atoms with Crippen LogP contribution in [0.2, 0.25) is 0 Å². The topological polar surface area (TPSA) is 21.3 Å². The van der Waals surface area contributed by atoms with Crippen LogP contribution in [0.15, 0.2) is 18.2 Å². The van der Waals surface area contributed by atoms with Gasteiger partial charge in [-0.15, -0.1) is 0 Å². The highest BCUT2D eigenvalue weighted by Crippen LogP contribution is 2.39. The number of benzene rings is 1. The smallest absolute Gasteiger partial charge is 0.393 e. The molecule has 1 aliphatic rings. The van der Waals surface area contributed by atoms with Gasteiger partial charge in [0, 0.05) is 11.7 Å². The van der Waals surface area contributed by atoms with Crippen LogP contribution in [-0.4, -0.2) is 18.8 Å². The minimum Gasteiger partial charge on any atom is -0.494 e. The first-order valence-corrected chi connectivity index (χ1v) is 7.48. The summed E-state index contributed by atoms with van der Waals surface area (Å²) in [5, 5.41) is 3.10. The summed E-state index contributed by atoms with van der Waals surface area (Å²) in [4.78, 5) is 0. The van der Waals surface area contributed by atoms with Gasteiger partial charge in [-0.1, -0.05) is 12.8 Å². The first-order chi connectivity index (χ1) is 9.91. The molecule has 0 heterocycles. The third-order valence-electron chi connectivity index (χ3n) is 4.04. The average Bonchev–Trinajstić information content (AvgIpc) is 2.42. The Hall–Kier alpha value is -1.39. The summed E-state index contributed by atoms with van der Waals surface area (Å²) < 4.78 is 44.7. The van der Waals surface area contributed by atoms with Crippen LogP contribution in [-0.2, 0) is 0 Å². The average molecular weight is 301 g/mol. The lowest BCUT2D eigenvalue weighted by Gasteiger charge is -2.34. The number of ether oxygens (including phenoxy) is 1. The van der Waals surface area contributed by atoms with E-state index >= 15 is 0 Å². The third kappa shape index (κ3) is 4.05. The molecule has 1 aromatic rings. The van der Waals surface area contributed by atoms with Gasteiger partial charge >= 0.3 is 6.18 Å². The van der Waals surface area contributed by atoms with E-state index in [1.54, 1.807) is 6.07 Å². The van der Waals surface area contributed by atoms with Crippen LogP contribution >= 0.6 is 0 Å². The Bertz CT molecular complexity index is 473. The van der Waals surface area contributed by atoms with Gasteiger partial charge in [-0.3, -0.25) is 0 Å². The molecule has 0 saturated heterocycles. The van der Waals surface area contributed by atoms with Crippen LogP contribution in [0.1, 0.15) is 38.2 Å². The SMILES string of the molecule is CCOc1ccc(NC2CCCCC2C(F)(F)F)c(C)c1. The van der Waals surface area contributed by atoms with Crippen LogP contribution in [0.3, 0.4) is 0 Å². The quantitative estimate of drug-likeness (QED) is 0.851. The second-order valence-electron chi connectivity index (χ2n) is 5.59. The van der Waals surface area contributed by atoms with Crippen molar-refractivity contribution in [1.82, 2.24) is 0 Å². The molecule has 1 aromatic carbocycles. The largest absolute Gasteiger partial charge is 0.494 e. The first-order valence-electron chi connectivity index (χ1n) is 7.48. The fourth-order valence-electron chi connectivity index (χ4n) is 2.95. The van der Waals surface area contributed by atoms with Crippen molar-refractivity contribution in [3.05, 3.63) is 23.8 Å². The molecular weight excluding hydrogens is 279 g/mol. The van der Waals surface area contributed by atoms with E-state index < -0.39 is 18.1 Å². The van der Waals surface area contributed by atoms with Gasteiger partial charge in [0.15, 0.2) is 0 Å². The molecule has 2 atom stereocenters. The highest BCUT2D eigenvalue weighted by atomic mass is 19.4. The Morgan fingerprint density at radius 1 is 1.24 bits per heavy atom. The fourth-order valence-corrected chi connectivity index (χ4v) is 2.95. The second kappa shape index (κ2) is 6.58. The number of hydrogen-bond donors (Lipinski definition) is 1. The van der Waals surface area contributed by atoms with Crippen molar-refractivity contribution < 1.29 is 17.9 Å². The van der Waals surface area contributed by atoms with Crippen molar-refractivity contribution in [1.29, 1.82) is 0 Å². The van der Waals surface area contributed by atoms with Crippen molar-refractivity contribution in [2.24, 2.45) is 5.92 Å². The molecule has 0 aromatic heterocycles. The number of hydrogen-bond acceptors (Lipinski definition) is 2. The van der Waals surface area contributed by atoms with E-state index in [1.807, 2.05) is 26.0 Å². The number of rotatable bonds is 4. The second-order valence-corrected chi connectivity index (χ2v) is 5.59. The van der Waals surface area contributed by atoms with Crippen molar-refractivity contribution >= 4 is 5.69 Å². The minimum atomic E-state index is -4.13. The zero-order valence-electron chi connectivity index (χ0n) is 12.5. The predicted octanol–water partition coefficient (Wildman–Crippen LogP) is 4.93.